The Bertz CT molecular complexity index is 945. The molecule has 0 N–H and O–H groups in total. The lowest BCUT2D eigenvalue weighted by atomic mass is 10.0. The van der Waals surface area contributed by atoms with E-state index >= 15 is 0 Å². The van der Waals surface area contributed by atoms with Gasteiger partial charge >= 0.3 is 23.9 Å². The standard InChI is InChI=1S/C31H52O15/c1-9-10-11-12-13-14-15-39-30-28(38-8)26(37-7)24(45-30)22(36-6)16-41-31-29(44-21(5)35)27(43-20(4)34)25(46-31)23(42-19(3)33)17-40-18(2)32/h22-31H,9-17H2,1-8H3/t22?,23?,24-,25-,26-,27-,28+,29+,30+,31+/m0/s1. The fraction of sp³-hybridized carbons (Fsp3) is 0.871. The van der Waals surface area contributed by atoms with Gasteiger partial charge in [0.2, 0.25) is 0 Å². The van der Waals surface area contributed by atoms with E-state index in [4.69, 9.17) is 52.1 Å². The molecule has 0 spiro atoms. The molecule has 2 saturated heterocycles. The van der Waals surface area contributed by atoms with Crippen molar-refractivity contribution in [3.8, 4) is 0 Å². The molecule has 15 heteroatoms. The summed E-state index contributed by atoms with van der Waals surface area (Å²) in [6.07, 6.45) is -2.93. The van der Waals surface area contributed by atoms with Gasteiger partial charge in [-0.05, 0) is 6.42 Å². The van der Waals surface area contributed by atoms with Gasteiger partial charge < -0.3 is 52.1 Å². The van der Waals surface area contributed by atoms with Gasteiger partial charge in [-0.1, -0.05) is 39.0 Å². The Morgan fingerprint density at radius 1 is 0.609 bits per heavy atom. The van der Waals surface area contributed by atoms with Crippen molar-refractivity contribution in [1.82, 2.24) is 0 Å². The number of hydrogen-bond donors (Lipinski definition) is 0. The largest absolute Gasteiger partial charge is 0.462 e. The van der Waals surface area contributed by atoms with Gasteiger partial charge in [-0.15, -0.1) is 0 Å². The van der Waals surface area contributed by atoms with E-state index < -0.39 is 91.9 Å². The van der Waals surface area contributed by atoms with E-state index in [1.165, 1.54) is 47.3 Å². The Morgan fingerprint density at radius 2 is 1.17 bits per heavy atom. The molecule has 0 amide bonds. The molecule has 0 aliphatic carbocycles. The number of esters is 4. The fourth-order valence-electron chi connectivity index (χ4n) is 5.50. The first kappa shape index (κ1) is 39.8. The summed E-state index contributed by atoms with van der Waals surface area (Å²) in [5.74, 6) is -2.78. The molecule has 2 aliphatic heterocycles. The van der Waals surface area contributed by atoms with Gasteiger partial charge in [-0.3, -0.25) is 19.2 Å². The molecule has 2 rings (SSSR count). The van der Waals surface area contributed by atoms with Gasteiger partial charge in [0.25, 0.3) is 0 Å². The summed E-state index contributed by atoms with van der Waals surface area (Å²) >= 11 is 0. The van der Waals surface area contributed by atoms with Crippen molar-refractivity contribution in [3.05, 3.63) is 0 Å². The van der Waals surface area contributed by atoms with Gasteiger partial charge in [0.05, 0.1) is 6.61 Å². The van der Waals surface area contributed by atoms with Crippen LogP contribution in [0.2, 0.25) is 0 Å². The number of carbonyl (C=O) groups is 4. The first-order chi connectivity index (χ1) is 22.0. The predicted octanol–water partition coefficient (Wildman–Crippen LogP) is 2.23. The third-order valence-corrected chi connectivity index (χ3v) is 7.57. The molecule has 266 valence electrons. The van der Waals surface area contributed by atoms with E-state index in [9.17, 15) is 19.2 Å². The normalized spacial score (nSPS) is 28.8. The molecule has 2 unspecified atom stereocenters. The second-order valence-electron chi connectivity index (χ2n) is 11.2. The van der Waals surface area contributed by atoms with Gasteiger partial charge in [0.1, 0.15) is 37.1 Å². The summed E-state index contributed by atoms with van der Waals surface area (Å²) in [5, 5.41) is 0. The summed E-state index contributed by atoms with van der Waals surface area (Å²) in [6, 6.07) is 0. The van der Waals surface area contributed by atoms with Crippen molar-refractivity contribution in [3.63, 3.8) is 0 Å². The summed E-state index contributed by atoms with van der Waals surface area (Å²) in [7, 11) is 4.54. The monoisotopic (exact) mass is 664 g/mol. The Balaban J connectivity index is 2.20. The van der Waals surface area contributed by atoms with Crippen LogP contribution in [0.15, 0.2) is 0 Å². The van der Waals surface area contributed by atoms with Crippen LogP contribution in [0, 0.1) is 0 Å². The van der Waals surface area contributed by atoms with E-state index in [1.807, 2.05) is 0 Å². The maximum absolute atomic E-state index is 12.1. The molecule has 0 saturated carbocycles. The molecule has 2 fully saturated rings. The lowest BCUT2D eigenvalue weighted by Crippen LogP contribution is -2.47. The smallest absolute Gasteiger partial charge is 0.303 e. The minimum absolute atomic E-state index is 0.161. The Kier molecular flexibility index (Phi) is 17.9. The van der Waals surface area contributed by atoms with Crippen molar-refractivity contribution < 1.29 is 71.3 Å². The molecule has 10 atom stereocenters. The third kappa shape index (κ3) is 12.3. The molecule has 2 aliphatic rings. The zero-order chi connectivity index (χ0) is 34.2. The highest BCUT2D eigenvalue weighted by molar-refractivity contribution is 5.68. The molecule has 0 aromatic carbocycles. The summed E-state index contributed by atoms with van der Waals surface area (Å²) in [5.41, 5.74) is 0. The van der Waals surface area contributed by atoms with Crippen LogP contribution in [-0.2, 0) is 71.3 Å². The van der Waals surface area contributed by atoms with E-state index in [2.05, 4.69) is 6.92 Å². The maximum Gasteiger partial charge on any atom is 0.303 e. The number of hydrogen-bond acceptors (Lipinski definition) is 15. The van der Waals surface area contributed by atoms with E-state index in [-0.39, 0.29) is 6.61 Å². The number of ether oxygens (including phenoxy) is 11. The Labute approximate surface area is 271 Å². The molecular weight excluding hydrogens is 612 g/mol. The maximum atomic E-state index is 12.1. The van der Waals surface area contributed by atoms with Gasteiger partial charge in [-0.25, -0.2) is 0 Å². The highest BCUT2D eigenvalue weighted by Gasteiger charge is 2.55. The van der Waals surface area contributed by atoms with E-state index in [0.717, 1.165) is 33.1 Å². The summed E-state index contributed by atoms with van der Waals surface area (Å²) in [4.78, 5) is 47.6. The number of methoxy groups -OCH3 is 3. The second kappa shape index (κ2) is 20.8. The van der Waals surface area contributed by atoms with Crippen molar-refractivity contribution in [2.24, 2.45) is 0 Å². The molecule has 2 heterocycles. The highest BCUT2D eigenvalue weighted by atomic mass is 16.8. The SMILES string of the molecule is CCCCCCCCO[C@@H]1O[C@@H](C(CO[C@@H]2O[C@@H](C(COC(C)=O)OC(C)=O)[C@H](OC(C)=O)[C@H]2OC(C)=O)OC)[C@H](OC)[C@H]1OC. The minimum atomic E-state index is -1.31. The lowest BCUT2D eigenvalue weighted by Gasteiger charge is -2.28. The fourth-order valence-corrected chi connectivity index (χ4v) is 5.50. The average molecular weight is 665 g/mol. The van der Waals surface area contributed by atoms with Gasteiger partial charge in [0.15, 0.2) is 30.9 Å². The van der Waals surface area contributed by atoms with Gasteiger partial charge in [-0.2, -0.15) is 0 Å². The van der Waals surface area contributed by atoms with Crippen molar-refractivity contribution in [2.75, 3.05) is 41.2 Å². The van der Waals surface area contributed by atoms with Crippen LogP contribution in [-0.4, -0.2) is 126 Å². The lowest BCUT2D eigenvalue weighted by molar-refractivity contribution is -0.222. The molecule has 46 heavy (non-hydrogen) atoms. The molecule has 15 nitrogen and oxygen atoms in total. The van der Waals surface area contributed by atoms with E-state index in [0.29, 0.717) is 6.61 Å². The van der Waals surface area contributed by atoms with Crippen molar-refractivity contribution in [2.45, 2.75) is 135 Å². The Hall–Kier alpha value is -2.40. The Morgan fingerprint density at radius 3 is 1.72 bits per heavy atom. The average Bonchev–Trinajstić information content (AvgIpc) is 3.51. The predicted molar refractivity (Wildman–Crippen MR) is 158 cm³/mol. The van der Waals surface area contributed by atoms with Crippen LogP contribution in [0.3, 0.4) is 0 Å². The van der Waals surface area contributed by atoms with Crippen LogP contribution < -0.4 is 0 Å². The topological polar surface area (TPSA) is 170 Å². The van der Waals surface area contributed by atoms with Crippen LogP contribution >= 0.6 is 0 Å². The second-order valence-corrected chi connectivity index (χ2v) is 11.2. The quantitative estimate of drug-likeness (QED) is 0.0994. The van der Waals surface area contributed by atoms with Crippen molar-refractivity contribution >= 4 is 23.9 Å². The van der Waals surface area contributed by atoms with Crippen LogP contribution in [0.25, 0.3) is 0 Å². The zero-order valence-corrected chi connectivity index (χ0v) is 28.3. The molecule has 0 aromatic rings. The molecule has 0 radical (unpaired) electrons. The van der Waals surface area contributed by atoms with E-state index in [1.54, 1.807) is 7.11 Å². The highest BCUT2D eigenvalue weighted by Crippen LogP contribution is 2.34. The number of unbranched alkanes of at least 4 members (excludes halogenated alkanes) is 5. The molecule has 0 bridgehead atoms. The summed E-state index contributed by atoms with van der Waals surface area (Å²) in [6.45, 7) is 6.75. The van der Waals surface area contributed by atoms with Crippen LogP contribution in [0.1, 0.15) is 73.1 Å². The van der Waals surface area contributed by atoms with Crippen LogP contribution in [0.5, 0.6) is 0 Å². The van der Waals surface area contributed by atoms with Gasteiger partial charge in [0, 0.05) is 55.6 Å². The minimum Gasteiger partial charge on any atom is -0.462 e. The number of carbonyl (C=O) groups excluding carboxylic acids is 4. The first-order valence-corrected chi connectivity index (χ1v) is 15.7. The van der Waals surface area contributed by atoms with Crippen molar-refractivity contribution in [1.29, 1.82) is 0 Å². The molecular formula is C31H52O15. The zero-order valence-electron chi connectivity index (χ0n) is 28.3. The third-order valence-electron chi connectivity index (χ3n) is 7.57. The summed E-state index contributed by atoms with van der Waals surface area (Å²) < 4.78 is 62.8. The first-order valence-electron chi connectivity index (χ1n) is 15.7. The number of rotatable bonds is 21. The molecule has 0 aromatic heterocycles. The van der Waals surface area contributed by atoms with Crippen LogP contribution in [0.4, 0.5) is 0 Å².